The highest BCUT2D eigenvalue weighted by Gasteiger charge is 2.36. The summed E-state index contributed by atoms with van der Waals surface area (Å²) in [5.41, 5.74) is 0.919. The first-order chi connectivity index (χ1) is 16.0. The van der Waals surface area contributed by atoms with E-state index in [0.29, 0.717) is 10.0 Å². The maximum absolute atomic E-state index is 14.8. The molecule has 9 nitrogen and oxygen atoms in total. The first kappa shape index (κ1) is 24.9. The van der Waals surface area contributed by atoms with E-state index in [2.05, 4.69) is 30.8 Å². The smallest absolute Gasteiger partial charge is 0.434 e. The van der Waals surface area contributed by atoms with Gasteiger partial charge in [-0.1, -0.05) is 34.5 Å². The van der Waals surface area contributed by atoms with Crippen LogP contribution < -0.4 is 15.2 Å². The Morgan fingerprint density at radius 1 is 1.35 bits per heavy atom. The number of benzene rings is 2. The van der Waals surface area contributed by atoms with E-state index in [0.717, 1.165) is 0 Å². The predicted octanol–water partition coefficient (Wildman–Crippen LogP) is 3.87. The van der Waals surface area contributed by atoms with Crippen molar-refractivity contribution in [3.63, 3.8) is 0 Å². The minimum atomic E-state index is -4.36. The second kappa shape index (κ2) is 9.42. The normalized spacial score (nSPS) is 17.6. The zero-order valence-electron chi connectivity index (χ0n) is 17.9. The van der Waals surface area contributed by atoms with E-state index >= 15 is 0 Å². The molecule has 0 saturated carbocycles. The van der Waals surface area contributed by atoms with Crippen LogP contribution in [0.4, 0.5) is 4.39 Å². The van der Waals surface area contributed by atoms with Crippen LogP contribution in [0.25, 0.3) is 0 Å². The third-order valence-corrected chi connectivity index (χ3v) is 8.37. The van der Waals surface area contributed by atoms with Gasteiger partial charge in [0.25, 0.3) is 0 Å². The molecular formula is C21H20BrClFN3O6S. The SMILES string of the molecule is Cc1c(Br)ccc(F)c1C(C)C(NS(=O)(=O)c1ccc(Cl)c2c1OCCC2O)c1n[nH]c(=O)o1. The summed E-state index contributed by atoms with van der Waals surface area (Å²) < 4.78 is 55.6. The number of hydrogen-bond acceptors (Lipinski definition) is 7. The summed E-state index contributed by atoms with van der Waals surface area (Å²) in [5.74, 6) is -2.66. The molecule has 13 heteroatoms. The number of halogens is 3. The number of hydrogen-bond donors (Lipinski definition) is 3. The van der Waals surface area contributed by atoms with Crippen molar-refractivity contribution >= 4 is 37.6 Å². The Bertz CT molecular complexity index is 1410. The standard InChI is InChI=1S/C21H20BrClFN3O6S/c1-9-11(22)3-5-13(24)16(9)10(2)18(20-25-26-21(29)33-20)27-34(30,31)15-6-4-12(23)17-14(28)7-8-32-19(15)17/h3-6,10,14,18,27-28H,7-8H2,1-2H3,(H,26,29). The third kappa shape index (κ3) is 4.52. The number of rotatable bonds is 6. The lowest BCUT2D eigenvalue weighted by Crippen LogP contribution is -2.33. The zero-order chi connectivity index (χ0) is 24.8. The van der Waals surface area contributed by atoms with Gasteiger partial charge in [-0.25, -0.2) is 22.7 Å². The number of aromatic nitrogens is 2. The molecule has 2 aromatic carbocycles. The van der Waals surface area contributed by atoms with Crippen LogP contribution in [0, 0.1) is 12.7 Å². The highest BCUT2D eigenvalue weighted by molar-refractivity contribution is 9.10. The van der Waals surface area contributed by atoms with Crippen LogP contribution in [0.15, 0.2) is 42.8 Å². The van der Waals surface area contributed by atoms with Gasteiger partial charge in [0.1, 0.15) is 22.5 Å². The molecule has 3 aromatic rings. The lowest BCUT2D eigenvalue weighted by atomic mass is 9.90. The Kier molecular flexibility index (Phi) is 6.89. The van der Waals surface area contributed by atoms with Gasteiger partial charge in [0.2, 0.25) is 15.9 Å². The van der Waals surface area contributed by atoms with Crippen molar-refractivity contribution in [2.24, 2.45) is 0 Å². The fourth-order valence-corrected chi connectivity index (χ4v) is 6.06. The van der Waals surface area contributed by atoms with Gasteiger partial charge in [-0.15, -0.1) is 5.10 Å². The number of sulfonamides is 1. The molecule has 34 heavy (non-hydrogen) atoms. The first-order valence-electron chi connectivity index (χ1n) is 10.2. The number of nitrogens with zero attached hydrogens (tertiary/aromatic N) is 1. The highest BCUT2D eigenvalue weighted by Crippen LogP contribution is 2.43. The second-order valence-corrected chi connectivity index (χ2v) is 10.8. The van der Waals surface area contributed by atoms with E-state index in [4.69, 9.17) is 20.8 Å². The first-order valence-corrected chi connectivity index (χ1v) is 12.8. The molecule has 0 fully saturated rings. The molecule has 0 bridgehead atoms. The maximum Gasteiger partial charge on any atom is 0.434 e. The van der Waals surface area contributed by atoms with Crippen molar-refractivity contribution in [1.82, 2.24) is 14.9 Å². The van der Waals surface area contributed by atoms with Crippen molar-refractivity contribution in [3.8, 4) is 5.75 Å². The Labute approximate surface area is 207 Å². The van der Waals surface area contributed by atoms with Gasteiger partial charge in [-0.2, -0.15) is 4.72 Å². The Hall–Kier alpha value is -2.25. The van der Waals surface area contributed by atoms with Gasteiger partial charge in [0.15, 0.2) is 0 Å². The van der Waals surface area contributed by atoms with Gasteiger partial charge in [0.05, 0.1) is 17.7 Å². The fourth-order valence-electron chi connectivity index (χ4n) is 4.01. The van der Waals surface area contributed by atoms with Crippen LogP contribution in [0.1, 0.15) is 54.0 Å². The lowest BCUT2D eigenvalue weighted by Gasteiger charge is -2.27. The largest absolute Gasteiger partial charge is 0.492 e. The van der Waals surface area contributed by atoms with E-state index in [1.807, 2.05) is 0 Å². The molecule has 1 aliphatic heterocycles. The van der Waals surface area contributed by atoms with Crippen molar-refractivity contribution in [1.29, 1.82) is 0 Å². The molecule has 3 atom stereocenters. The van der Waals surface area contributed by atoms with Crippen LogP contribution in [-0.2, 0) is 10.0 Å². The number of ether oxygens (including phenoxy) is 1. The van der Waals surface area contributed by atoms with E-state index in [1.54, 1.807) is 13.8 Å². The Morgan fingerprint density at radius 2 is 2.09 bits per heavy atom. The van der Waals surface area contributed by atoms with Crippen molar-refractivity contribution in [2.45, 2.75) is 43.2 Å². The quantitative estimate of drug-likeness (QED) is 0.406. The van der Waals surface area contributed by atoms with Gasteiger partial charge < -0.3 is 14.3 Å². The second-order valence-electron chi connectivity index (χ2n) is 7.85. The summed E-state index contributed by atoms with van der Waals surface area (Å²) in [6.07, 6.45) is -0.743. The monoisotopic (exact) mass is 575 g/mol. The number of H-pyrrole nitrogens is 1. The predicted molar refractivity (Wildman–Crippen MR) is 124 cm³/mol. The summed E-state index contributed by atoms with van der Waals surface area (Å²) in [4.78, 5) is 11.4. The molecule has 1 aromatic heterocycles. The maximum atomic E-state index is 14.8. The van der Waals surface area contributed by atoms with Crippen molar-refractivity contribution in [3.05, 3.63) is 72.7 Å². The molecule has 4 rings (SSSR count). The van der Waals surface area contributed by atoms with Crippen LogP contribution in [-0.4, -0.2) is 30.3 Å². The topological polar surface area (TPSA) is 135 Å². The number of fused-ring (bicyclic) bond motifs is 1. The molecule has 3 unspecified atom stereocenters. The molecule has 0 amide bonds. The molecule has 182 valence electrons. The van der Waals surface area contributed by atoms with Crippen LogP contribution >= 0.6 is 27.5 Å². The molecule has 1 aliphatic rings. The van der Waals surface area contributed by atoms with Gasteiger partial charge in [-0.3, -0.25) is 0 Å². The lowest BCUT2D eigenvalue weighted by molar-refractivity contribution is 0.113. The van der Waals surface area contributed by atoms with Crippen molar-refractivity contribution < 1.29 is 27.1 Å². The van der Waals surface area contributed by atoms with Gasteiger partial charge in [-0.05, 0) is 42.3 Å². The van der Waals surface area contributed by atoms with E-state index in [1.165, 1.54) is 24.3 Å². The summed E-state index contributed by atoms with van der Waals surface area (Å²) in [6.45, 7) is 3.35. The average Bonchev–Trinajstić information content (AvgIpc) is 3.21. The minimum Gasteiger partial charge on any atom is -0.492 e. The fraction of sp³-hybridized carbons (Fsp3) is 0.333. The van der Waals surface area contributed by atoms with E-state index in [-0.39, 0.29) is 45.7 Å². The minimum absolute atomic E-state index is 0.0709. The van der Waals surface area contributed by atoms with Crippen LogP contribution in [0.3, 0.4) is 0 Å². The van der Waals surface area contributed by atoms with Gasteiger partial charge in [0, 0.05) is 22.4 Å². The number of aliphatic hydroxyl groups is 1. The highest BCUT2D eigenvalue weighted by atomic mass is 79.9. The van der Waals surface area contributed by atoms with Crippen molar-refractivity contribution in [2.75, 3.05) is 6.61 Å². The Balaban J connectivity index is 1.82. The van der Waals surface area contributed by atoms with Gasteiger partial charge >= 0.3 is 5.76 Å². The van der Waals surface area contributed by atoms with Crippen LogP contribution in [0.2, 0.25) is 5.02 Å². The molecule has 0 spiro atoms. The summed E-state index contributed by atoms with van der Waals surface area (Å²) in [6, 6.07) is 4.11. The molecular weight excluding hydrogens is 557 g/mol. The van der Waals surface area contributed by atoms with E-state index < -0.39 is 39.7 Å². The third-order valence-electron chi connectivity index (χ3n) is 5.72. The number of aliphatic hydroxyl groups excluding tert-OH is 1. The summed E-state index contributed by atoms with van der Waals surface area (Å²) in [5, 5.41) is 16.4. The number of aromatic amines is 1. The molecule has 0 radical (unpaired) electrons. The average molecular weight is 577 g/mol. The zero-order valence-corrected chi connectivity index (χ0v) is 21.1. The van der Waals surface area contributed by atoms with E-state index in [9.17, 15) is 22.7 Å². The van der Waals surface area contributed by atoms with Crippen LogP contribution in [0.5, 0.6) is 5.75 Å². The molecule has 2 heterocycles. The summed E-state index contributed by atoms with van der Waals surface area (Å²) >= 11 is 9.53. The molecule has 0 saturated heterocycles. The number of nitrogens with one attached hydrogen (secondary N) is 2. The molecule has 0 aliphatic carbocycles. The Morgan fingerprint density at radius 3 is 2.76 bits per heavy atom. The molecule has 3 N–H and O–H groups in total. The summed E-state index contributed by atoms with van der Waals surface area (Å²) in [7, 11) is -4.36.